The van der Waals surface area contributed by atoms with E-state index < -0.39 is 279 Å². The van der Waals surface area contributed by atoms with Gasteiger partial charge >= 0.3 is 23.9 Å². The van der Waals surface area contributed by atoms with Crippen LogP contribution in [0.4, 0.5) is 0 Å². The first kappa shape index (κ1) is 131. The minimum Gasteiger partial charge on any atom is -0.481 e. The lowest BCUT2D eigenvalue weighted by Crippen LogP contribution is -2.62. The SMILES string of the molecule is CC[C@](C)(NC(=O)[C@@H](NC(=O)CCOCCOCCNC(=O)CCOCCOCCNC(=O)CC[C@H](NC(=O)CCCCCCCCCCCCCCCCCCC(=O)O)C(=O)O)C(C)C)C(=O)NCC(=O)N[C@@H](CO)C(=O)N1CCC[C@H]1C(=O)N[C@@H](CO)C(=O)N[C@@H](C)C(=O)N[C@@H](CCC(N)=O)C(=O)N[C@@H](CCC(=O)O)C(=O)N[C@@H](CCC(=O)O)C(=O)N[C@@H](C)C(=O)N[C@@H](CO)C(=O)N1CCC[C@H]1C(=O)N[C@@H](C)C(N)=O. The van der Waals surface area contributed by atoms with Gasteiger partial charge in [0.2, 0.25) is 112 Å². The lowest BCUT2D eigenvalue weighted by Gasteiger charge is -2.32. The van der Waals surface area contributed by atoms with Crippen molar-refractivity contribution in [3.05, 3.63) is 0 Å². The van der Waals surface area contributed by atoms with Crippen molar-refractivity contribution in [2.75, 3.05) is 105 Å². The highest BCUT2D eigenvalue weighted by Gasteiger charge is 2.44. The molecule has 147 heavy (non-hydrogen) atoms. The molecule has 2 saturated heterocycles. The number of carbonyl (C=O) groups is 23. The van der Waals surface area contributed by atoms with Gasteiger partial charge in [-0.1, -0.05) is 111 Å². The summed E-state index contributed by atoms with van der Waals surface area (Å²) < 4.78 is 21.9. The summed E-state index contributed by atoms with van der Waals surface area (Å²) in [6.45, 7) is 6.76. The van der Waals surface area contributed by atoms with Crippen LogP contribution in [0, 0.1) is 5.92 Å². The first-order valence-electron chi connectivity index (χ1n) is 50.4. The Kier molecular flexibility index (Phi) is 65.4. The molecule has 0 aromatic heterocycles. The summed E-state index contributed by atoms with van der Waals surface area (Å²) >= 11 is 0. The van der Waals surface area contributed by atoms with E-state index in [2.05, 4.69) is 79.8 Å². The number of carboxylic acids is 4. The highest BCUT2D eigenvalue weighted by atomic mass is 16.5. The van der Waals surface area contributed by atoms with Gasteiger partial charge in [-0.05, 0) is 104 Å². The Labute approximate surface area is 854 Å². The predicted octanol–water partition coefficient (Wildman–Crippen LogP) is -5.07. The maximum atomic E-state index is 14.0. The molecule has 0 bridgehead atoms. The van der Waals surface area contributed by atoms with Crippen molar-refractivity contribution in [3.63, 3.8) is 0 Å². The summed E-state index contributed by atoms with van der Waals surface area (Å²) in [4.78, 5) is 300. The molecule has 53 heteroatoms. The number of amides is 19. The van der Waals surface area contributed by atoms with Gasteiger partial charge in [0.1, 0.15) is 84.1 Å². The number of aliphatic hydroxyl groups is 3. The summed E-state index contributed by atoms with van der Waals surface area (Å²) in [5, 5.41) is 104. The fraction of sp³-hybridized carbons (Fsp3) is 0.755. The van der Waals surface area contributed by atoms with E-state index in [1.165, 1.54) is 65.2 Å². The number of aliphatic carboxylic acids is 4. The molecule has 0 spiro atoms. The number of rotatable bonds is 82. The maximum absolute atomic E-state index is 14.0. The normalized spacial score (nSPS) is 15.9. The number of hydrogen-bond donors (Lipinski definition) is 24. The molecule has 0 aliphatic carbocycles. The van der Waals surface area contributed by atoms with Gasteiger partial charge in [-0.25, -0.2) is 4.79 Å². The van der Waals surface area contributed by atoms with Gasteiger partial charge in [-0.2, -0.15) is 0 Å². The molecule has 53 nitrogen and oxygen atoms in total. The van der Waals surface area contributed by atoms with E-state index in [1.807, 2.05) is 0 Å². The lowest BCUT2D eigenvalue weighted by molar-refractivity contribution is -0.143. The average molecular weight is 2100 g/mol. The van der Waals surface area contributed by atoms with Crippen LogP contribution in [-0.2, 0) is 129 Å². The molecule has 14 atom stereocenters. The van der Waals surface area contributed by atoms with Crippen molar-refractivity contribution < 1.29 is 165 Å². The summed E-state index contributed by atoms with van der Waals surface area (Å²) in [7, 11) is 0. The third-order valence-electron chi connectivity index (χ3n) is 24.2. The van der Waals surface area contributed by atoms with Crippen LogP contribution in [0.5, 0.6) is 0 Å². The van der Waals surface area contributed by atoms with Gasteiger partial charge < -0.3 is 156 Å². The Morgan fingerprint density at radius 1 is 0.347 bits per heavy atom. The first-order valence-corrected chi connectivity index (χ1v) is 50.4. The second kappa shape index (κ2) is 73.6. The van der Waals surface area contributed by atoms with Crippen LogP contribution >= 0.6 is 0 Å². The number of likely N-dealkylation sites (tertiary alicyclic amines) is 2. The molecule has 0 aromatic carbocycles. The van der Waals surface area contributed by atoms with E-state index >= 15 is 0 Å². The molecule has 2 heterocycles. The fourth-order valence-electron chi connectivity index (χ4n) is 15.3. The van der Waals surface area contributed by atoms with Crippen LogP contribution in [0.25, 0.3) is 0 Å². The molecule has 0 saturated carbocycles. The fourth-order valence-corrected chi connectivity index (χ4v) is 15.3. The quantitative estimate of drug-likeness (QED) is 0.0253. The largest absolute Gasteiger partial charge is 0.481 e. The molecule has 0 aromatic rings. The van der Waals surface area contributed by atoms with Gasteiger partial charge in [-0.3, -0.25) is 105 Å². The van der Waals surface area contributed by atoms with Crippen LogP contribution in [0.1, 0.15) is 260 Å². The minimum absolute atomic E-state index is 0.00264. The second-order valence-corrected chi connectivity index (χ2v) is 36.7. The van der Waals surface area contributed by atoms with E-state index in [1.54, 1.807) is 20.8 Å². The van der Waals surface area contributed by atoms with Crippen LogP contribution in [0.2, 0.25) is 0 Å². The van der Waals surface area contributed by atoms with Crippen molar-refractivity contribution in [1.82, 2.24) is 89.6 Å². The van der Waals surface area contributed by atoms with Gasteiger partial charge in [0.05, 0.1) is 79.2 Å². The van der Waals surface area contributed by atoms with Crippen molar-refractivity contribution >= 4 is 136 Å². The van der Waals surface area contributed by atoms with Crippen LogP contribution in [-0.4, -0.2) is 371 Å². The second-order valence-electron chi connectivity index (χ2n) is 36.7. The number of carboxylic acid groups (broad SMARTS) is 4. The zero-order valence-electron chi connectivity index (χ0n) is 85.4. The highest BCUT2D eigenvalue weighted by Crippen LogP contribution is 2.23. The number of nitrogens with zero attached hydrogens (tertiary/aromatic N) is 2. The summed E-state index contributed by atoms with van der Waals surface area (Å²) in [5.41, 5.74) is 8.91. The molecule has 0 radical (unpaired) electrons. The number of nitrogens with two attached hydrogens (primary N) is 2. The Morgan fingerprint density at radius 2 is 0.707 bits per heavy atom. The smallest absolute Gasteiger partial charge is 0.326 e. The van der Waals surface area contributed by atoms with Gasteiger partial charge in [0.15, 0.2) is 0 Å². The van der Waals surface area contributed by atoms with Gasteiger partial charge in [0, 0.05) is 77.5 Å². The Bertz CT molecular complexity index is 4270. The molecular formula is C94H159N19O34. The maximum Gasteiger partial charge on any atom is 0.326 e. The molecule has 0 unspecified atom stereocenters. The Balaban J connectivity index is 1.81. The van der Waals surface area contributed by atoms with Gasteiger partial charge in [-0.15, -0.1) is 0 Å². The molecule has 2 aliphatic heterocycles. The van der Waals surface area contributed by atoms with Crippen LogP contribution in [0.15, 0.2) is 0 Å². The number of carbonyl (C=O) groups excluding carboxylic acids is 19. The number of aliphatic hydroxyl groups excluding tert-OH is 3. The van der Waals surface area contributed by atoms with Gasteiger partial charge in [0.25, 0.3) is 0 Å². The molecule has 2 rings (SSSR count). The number of primary amides is 2. The van der Waals surface area contributed by atoms with E-state index in [9.17, 15) is 141 Å². The van der Waals surface area contributed by atoms with E-state index in [0.717, 1.165) is 68.6 Å². The topological polar surface area (TPSA) is 810 Å². The number of unbranched alkanes of at least 4 members (excludes halogenated alkanes) is 15. The van der Waals surface area contributed by atoms with E-state index in [0.29, 0.717) is 12.8 Å². The Morgan fingerprint density at radius 3 is 1.12 bits per heavy atom. The standard InChI is InChI=1S/C94H159N19O34/c1-8-94(7,111-89(138)79(57(2)3)110-74(121)40-46-145-50-52-147-48-42-98-72(119)39-45-144-49-51-146-47-41-97-71(118)36-32-64(92(141)142)103-73(120)29-23-21-19-17-15-13-11-9-10-12-14-16-18-20-22-24-30-76(123)124)93(143)99-53-75(122)104-66(55-115)90(139)113-44-26-28-69(113)88(137)108-65(54-114)86(135)102-59(5)81(130)105-61(31-35-70(95)117)84(133)107-63(34-38-78(127)128)85(134)106-62(33-37-77(125)126)83(132)101-60(6)82(131)109-67(56-116)91(140)112-43-25-27-68(112)87(136)100-58(4)80(96)129/h57-69,79,114-116H,8-56H2,1-7H3,(H2,95,117)(H2,96,129)(H,97,118)(H,98,119)(H,99,143)(H,100,136)(H,101,132)(H,102,135)(H,103,120)(H,104,122)(H,105,130)(H,106,134)(H,107,133)(H,108,137)(H,109,131)(H,110,121)(H,111,138)(H,123,124)(H,125,126)(H,127,128)(H,141,142)/t58-,59-,60-,61-,62-,63-,64-,65-,66-,67-,68-,69-,79-,94-/m0/s1. The lowest BCUT2D eigenvalue weighted by atomic mass is 9.95. The van der Waals surface area contributed by atoms with Crippen molar-refractivity contribution in [3.8, 4) is 0 Å². The van der Waals surface area contributed by atoms with Crippen molar-refractivity contribution in [1.29, 1.82) is 0 Å². The number of hydrogen-bond acceptors (Lipinski definition) is 30. The first-order chi connectivity index (χ1) is 69.7. The molecule has 26 N–H and O–H groups in total. The predicted molar refractivity (Wildman–Crippen MR) is 521 cm³/mol. The summed E-state index contributed by atoms with van der Waals surface area (Å²) in [6, 6.07) is -20.2. The Hall–Kier alpha value is -12.5. The number of nitrogens with one attached hydrogen (secondary N) is 15. The minimum atomic E-state index is -1.94. The monoisotopic (exact) mass is 2100 g/mol. The van der Waals surface area contributed by atoms with Crippen molar-refractivity contribution in [2.24, 2.45) is 17.4 Å². The van der Waals surface area contributed by atoms with Crippen molar-refractivity contribution in [2.45, 2.75) is 344 Å². The van der Waals surface area contributed by atoms with E-state index in [4.69, 9.17) is 35.5 Å². The van der Waals surface area contributed by atoms with Crippen LogP contribution in [0.3, 0.4) is 0 Å². The molecule has 2 fully saturated rings. The third kappa shape index (κ3) is 54.7. The summed E-state index contributed by atoms with van der Waals surface area (Å²) in [5.74, 6) is -22.7. The molecule has 19 amide bonds. The highest BCUT2D eigenvalue weighted by molar-refractivity contribution is 6.01. The van der Waals surface area contributed by atoms with E-state index in [-0.39, 0.29) is 155 Å². The zero-order valence-corrected chi connectivity index (χ0v) is 85.4. The third-order valence-corrected chi connectivity index (χ3v) is 24.2. The molecule has 834 valence electrons. The summed E-state index contributed by atoms with van der Waals surface area (Å²) in [6.07, 6.45) is 13.6. The zero-order chi connectivity index (χ0) is 110. The molecule has 2 aliphatic rings. The molecular weight excluding hydrogens is 1940 g/mol. The van der Waals surface area contributed by atoms with Crippen LogP contribution < -0.4 is 91.2 Å². The number of ether oxygens (including phenoxy) is 4. The average Bonchev–Trinajstić information content (AvgIpc) is 0.997.